The molecule has 3 rings (SSSR count). The van der Waals surface area contributed by atoms with Crippen molar-refractivity contribution < 1.29 is 4.39 Å². The number of nitrogens with one attached hydrogen (secondary N) is 1. The minimum absolute atomic E-state index is 0.223. The predicted molar refractivity (Wildman–Crippen MR) is 96.2 cm³/mol. The van der Waals surface area contributed by atoms with Gasteiger partial charge in [-0.3, -0.25) is 0 Å². The molecule has 1 heterocycles. The van der Waals surface area contributed by atoms with Crippen LogP contribution in [0.4, 0.5) is 4.39 Å². The summed E-state index contributed by atoms with van der Waals surface area (Å²) in [4.78, 5) is 7.33. The standard InChI is InChI=1S/C21H21FN2/c1-16-6-8-17(9-7-16)4-2-3-5-20(21-14-23-15-24-21)18-10-12-19(22)13-11-18/h5-15H,2-4H2,1H3,(H,23,24). The highest BCUT2D eigenvalue weighted by atomic mass is 19.1. The average molecular weight is 320 g/mol. The molecular formula is C21H21FN2. The topological polar surface area (TPSA) is 28.7 Å². The summed E-state index contributed by atoms with van der Waals surface area (Å²) in [5.41, 5.74) is 5.56. The van der Waals surface area contributed by atoms with Crippen LogP contribution >= 0.6 is 0 Å². The highest BCUT2D eigenvalue weighted by Gasteiger charge is 2.07. The van der Waals surface area contributed by atoms with Gasteiger partial charge in [0, 0.05) is 11.8 Å². The fourth-order valence-electron chi connectivity index (χ4n) is 2.71. The third-order valence-corrected chi connectivity index (χ3v) is 4.07. The lowest BCUT2D eigenvalue weighted by Gasteiger charge is -2.06. The number of allylic oxidation sites excluding steroid dienone is 1. The number of rotatable bonds is 6. The van der Waals surface area contributed by atoms with Crippen LogP contribution in [0.3, 0.4) is 0 Å². The summed E-state index contributed by atoms with van der Waals surface area (Å²) < 4.78 is 13.2. The first-order valence-electron chi connectivity index (χ1n) is 8.23. The first-order valence-corrected chi connectivity index (χ1v) is 8.23. The highest BCUT2D eigenvalue weighted by molar-refractivity contribution is 5.77. The van der Waals surface area contributed by atoms with Crippen molar-refractivity contribution in [3.05, 3.63) is 95.3 Å². The van der Waals surface area contributed by atoms with Crippen LogP contribution in [-0.2, 0) is 6.42 Å². The van der Waals surface area contributed by atoms with Crippen LogP contribution in [0.5, 0.6) is 0 Å². The van der Waals surface area contributed by atoms with Crippen LogP contribution in [0.1, 0.15) is 35.2 Å². The van der Waals surface area contributed by atoms with E-state index in [4.69, 9.17) is 0 Å². The van der Waals surface area contributed by atoms with E-state index in [1.807, 2.05) is 6.20 Å². The molecule has 0 unspecified atom stereocenters. The molecule has 0 aliphatic heterocycles. The van der Waals surface area contributed by atoms with Crippen molar-refractivity contribution in [2.45, 2.75) is 26.2 Å². The van der Waals surface area contributed by atoms with Crippen LogP contribution in [0.2, 0.25) is 0 Å². The minimum atomic E-state index is -0.223. The van der Waals surface area contributed by atoms with Gasteiger partial charge in [-0.15, -0.1) is 0 Å². The maximum absolute atomic E-state index is 13.2. The lowest BCUT2D eigenvalue weighted by atomic mass is 10.00. The maximum Gasteiger partial charge on any atom is 0.123 e. The molecule has 0 spiro atoms. The zero-order valence-corrected chi connectivity index (χ0v) is 13.8. The monoisotopic (exact) mass is 320 g/mol. The number of H-pyrrole nitrogens is 1. The number of nitrogens with zero attached hydrogens (tertiary/aromatic N) is 1. The van der Waals surface area contributed by atoms with Gasteiger partial charge < -0.3 is 4.98 Å². The largest absolute Gasteiger partial charge is 0.351 e. The van der Waals surface area contributed by atoms with Gasteiger partial charge in [0.05, 0.1) is 12.0 Å². The van der Waals surface area contributed by atoms with Gasteiger partial charge in [-0.05, 0) is 49.4 Å². The first-order chi connectivity index (χ1) is 11.7. The molecule has 0 aliphatic carbocycles. The lowest BCUT2D eigenvalue weighted by molar-refractivity contribution is 0.627. The molecule has 0 saturated carbocycles. The summed E-state index contributed by atoms with van der Waals surface area (Å²) in [5.74, 6) is -0.223. The normalized spacial score (nSPS) is 11.7. The maximum atomic E-state index is 13.2. The Kier molecular flexibility index (Phi) is 5.22. The molecule has 0 bridgehead atoms. The van der Waals surface area contributed by atoms with Crippen molar-refractivity contribution in [2.24, 2.45) is 0 Å². The molecule has 0 fully saturated rings. The molecule has 3 heteroatoms. The second kappa shape index (κ2) is 7.73. The number of hydrogen-bond acceptors (Lipinski definition) is 1. The molecule has 2 aromatic carbocycles. The third-order valence-electron chi connectivity index (χ3n) is 4.07. The third kappa shape index (κ3) is 4.19. The molecule has 122 valence electrons. The van der Waals surface area contributed by atoms with Gasteiger partial charge in [-0.1, -0.05) is 48.0 Å². The van der Waals surface area contributed by atoms with Gasteiger partial charge in [-0.25, -0.2) is 9.37 Å². The van der Waals surface area contributed by atoms with Gasteiger partial charge in [0.2, 0.25) is 0 Å². The number of aromatic amines is 1. The van der Waals surface area contributed by atoms with E-state index in [2.05, 4.69) is 47.2 Å². The summed E-state index contributed by atoms with van der Waals surface area (Å²) in [5, 5.41) is 0. The van der Waals surface area contributed by atoms with Gasteiger partial charge in [0.15, 0.2) is 0 Å². The van der Waals surface area contributed by atoms with Crippen molar-refractivity contribution in [3.63, 3.8) is 0 Å². The Labute approximate surface area is 142 Å². The molecule has 1 N–H and O–H groups in total. The van der Waals surface area contributed by atoms with Gasteiger partial charge in [0.1, 0.15) is 5.82 Å². The summed E-state index contributed by atoms with van der Waals surface area (Å²) in [7, 11) is 0. The summed E-state index contributed by atoms with van der Waals surface area (Å²) >= 11 is 0. The van der Waals surface area contributed by atoms with Gasteiger partial charge >= 0.3 is 0 Å². The number of unbranched alkanes of at least 4 members (excludes halogenated alkanes) is 1. The Bertz CT molecular complexity index is 785. The van der Waals surface area contributed by atoms with Crippen molar-refractivity contribution >= 4 is 5.57 Å². The summed E-state index contributed by atoms with van der Waals surface area (Å²) in [6.07, 6.45) is 8.80. The quantitative estimate of drug-likeness (QED) is 0.612. The lowest BCUT2D eigenvalue weighted by Crippen LogP contribution is -1.90. The van der Waals surface area contributed by atoms with E-state index in [1.165, 1.54) is 23.3 Å². The van der Waals surface area contributed by atoms with Gasteiger partial charge in [-0.2, -0.15) is 0 Å². The van der Waals surface area contributed by atoms with Crippen LogP contribution in [-0.4, -0.2) is 9.97 Å². The van der Waals surface area contributed by atoms with Crippen molar-refractivity contribution in [1.82, 2.24) is 9.97 Å². The number of halogens is 1. The molecule has 0 atom stereocenters. The van der Waals surface area contributed by atoms with E-state index in [-0.39, 0.29) is 5.82 Å². The van der Waals surface area contributed by atoms with E-state index in [0.29, 0.717) is 0 Å². The van der Waals surface area contributed by atoms with Crippen molar-refractivity contribution in [1.29, 1.82) is 0 Å². The number of hydrogen-bond donors (Lipinski definition) is 1. The SMILES string of the molecule is Cc1ccc(CCCC=C(c2ccc(F)cc2)c2c[nH]cn2)cc1. The van der Waals surface area contributed by atoms with Crippen molar-refractivity contribution in [3.8, 4) is 0 Å². The summed E-state index contributed by atoms with van der Waals surface area (Å²) in [6, 6.07) is 15.3. The smallest absolute Gasteiger partial charge is 0.123 e. The van der Waals surface area contributed by atoms with Crippen LogP contribution in [0.25, 0.3) is 5.57 Å². The second-order valence-electron chi connectivity index (χ2n) is 5.96. The van der Waals surface area contributed by atoms with Crippen molar-refractivity contribution in [2.75, 3.05) is 0 Å². The van der Waals surface area contributed by atoms with E-state index in [9.17, 15) is 4.39 Å². The summed E-state index contributed by atoms with van der Waals surface area (Å²) in [6.45, 7) is 2.10. The minimum Gasteiger partial charge on any atom is -0.351 e. The molecule has 0 saturated heterocycles. The molecule has 3 aromatic rings. The Hall–Kier alpha value is -2.68. The van der Waals surface area contributed by atoms with E-state index in [1.54, 1.807) is 18.5 Å². The number of benzene rings is 2. The molecular weight excluding hydrogens is 299 g/mol. The number of aromatic nitrogens is 2. The molecule has 24 heavy (non-hydrogen) atoms. The van der Waals surface area contributed by atoms with E-state index < -0.39 is 0 Å². The van der Waals surface area contributed by atoms with Crippen LogP contribution in [0.15, 0.2) is 67.1 Å². The second-order valence-corrected chi connectivity index (χ2v) is 5.96. The number of aryl methyl sites for hydroxylation is 2. The Morgan fingerprint density at radius 3 is 2.50 bits per heavy atom. The first kappa shape index (κ1) is 16.2. The Balaban J connectivity index is 1.70. The zero-order valence-electron chi connectivity index (χ0n) is 13.8. The average Bonchev–Trinajstić information content (AvgIpc) is 3.12. The molecule has 0 aliphatic rings. The zero-order chi connectivity index (χ0) is 16.8. The number of imidazole rings is 1. The van der Waals surface area contributed by atoms with Gasteiger partial charge in [0.25, 0.3) is 0 Å². The van der Waals surface area contributed by atoms with E-state index in [0.717, 1.165) is 36.1 Å². The molecule has 1 aromatic heterocycles. The predicted octanol–water partition coefficient (Wildman–Crippen LogP) is 5.31. The highest BCUT2D eigenvalue weighted by Crippen LogP contribution is 2.23. The molecule has 0 amide bonds. The van der Waals surface area contributed by atoms with E-state index >= 15 is 0 Å². The fourth-order valence-corrected chi connectivity index (χ4v) is 2.71. The Morgan fingerprint density at radius 1 is 1.08 bits per heavy atom. The Morgan fingerprint density at radius 2 is 1.83 bits per heavy atom. The molecule has 2 nitrogen and oxygen atoms in total. The fraction of sp³-hybridized carbons (Fsp3) is 0.190. The van der Waals surface area contributed by atoms with Crippen LogP contribution < -0.4 is 0 Å². The molecule has 0 radical (unpaired) electrons. The van der Waals surface area contributed by atoms with Crippen LogP contribution in [0, 0.1) is 12.7 Å².